The Morgan fingerprint density at radius 3 is 2.33 bits per heavy atom. The first kappa shape index (κ1) is 11.7. The highest BCUT2D eigenvalue weighted by atomic mass is 19.2. The van der Waals surface area contributed by atoms with Gasteiger partial charge in [-0.1, -0.05) is 0 Å². The normalized spacial score (nSPS) is 12.6. The third-order valence-electron chi connectivity index (χ3n) is 2.05. The molecular formula is C10H10F3NO. The molecule has 0 aliphatic carbocycles. The number of nitrogens with two attached hydrogens (primary N) is 1. The molecule has 0 unspecified atom stereocenters. The molecule has 0 spiro atoms. The molecule has 0 aromatic heterocycles. The molecule has 0 aliphatic rings. The zero-order valence-corrected chi connectivity index (χ0v) is 8.06. The van der Waals surface area contributed by atoms with Crippen LogP contribution in [-0.4, -0.2) is 11.8 Å². The van der Waals surface area contributed by atoms with Crippen LogP contribution in [0.4, 0.5) is 13.2 Å². The minimum absolute atomic E-state index is 0.100. The number of hydrogen-bond acceptors (Lipinski definition) is 2. The number of Topliss-reactive ketones (excluding diaryl/α,β-unsaturated/α-hetero) is 1. The molecule has 0 amide bonds. The van der Waals surface area contributed by atoms with E-state index in [2.05, 4.69) is 0 Å². The molecular weight excluding hydrogens is 207 g/mol. The molecule has 0 bridgehead atoms. The van der Waals surface area contributed by atoms with E-state index in [0.29, 0.717) is 12.1 Å². The van der Waals surface area contributed by atoms with Gasteiger partial charge in [0.05, 0.1) is 6.04 Å². The quantitative estimate of drug-likeness (QED) is 0.781. The van der Waals surface area contributed by atoms with Crippen LogP contribution in [-0.2, 0) is 11.2 Å². The number of carbonyl (C=O) groups is 1. The zero-order valence-electron chi connectivity index (χ0n) is 8.06. The lowest BCUT2D eigenvalue weighted by molar-refractivity contribution is -0.118. The van der Waals surface area contributed by atoms with E-state index in [1.165, 1.54) is 6.92 Å². The summed E-state index contributed by atoms with van der Waals surface area (Å²) in [6.45, 7) is 1.25. The van der Waals surface area contributed by atoms with Gasteiger partial charge in [-0.05, 0) is 25.0 Å². The second kappa shape index (κ2) is 4.44. The fourth-order valence-corrected chi connectivity index (χ4v) is 1.10. The number of rotatable bonds is 3. The summed E-state index contributed by atoms with van der Waals surface area (Å²) in [7, 11) is 0. The van der Waals surface area contributed by atoms with Crippen molar-refractivity contribution in [3.05, 3.63) is 35.1 Å². The zero-order chi connectivity index (χ0) is 11.6. The van der Waals surface area contributed by atoms with E-state index in [1.807, 2.05) is 0 Å². The lowest BCUT2D eigenvalue weighted by atomic mass is 10.0. The molecule has 1 rings (SSSR count). The van der Waals surface area contributed by atoms with Gasteiger partial charge in [0.25, 0.3) is 0 Å². The number of benzene rings is 1. The van der Waals surface area contributed by atoms with Crippen LogP contribution in [0.15, 0.2) is 12.1 Å². The van der Waals surface area contributed by atoms with Crippen molar-refractivity contribution in [1.82, 2.24) is 0 Å². The predicted molar refractivity (Wildman–Crippen MR) is 48.7 cm³/mol. The molecule has 82 valence electrons. The fourth-order valence-electron chi connectivity index (χ4n) is 1.10. The van der Waals surface area contributed by atoms with Crippen LogP contribution in [0, 0.1) is 17.5 Å². The maximum Gasteiger partial charge on any atom is 0.161 e. The van der Waals surface area contributed by atoms with E-state index < -0.39 is 23.5 Å². The van der Waals surface area contributed by atoms with Crippen molar-refractivity contribution in [1.29, 1.82) is 0 Å². The summed E-state index contributed by atoms with van der Waals surface area (Å²) in [6.07, 6.45) is -0.141. The second-order valence-corrected chi connectivity index (χ2v) is 3.28. The number of ketones is 1. The van der Waals surface area contributed by atoms with Crippen LogP contribution < -0.4 is 5.73 Å². The Bertz CT molecular complexity index is 392. The van der Waals surface area contributed by atoms with E-state index >= 15 is 0 Å². The highest BCUT2D eigenvalue weighted by molar-refractivity contribution is 5.81. The highest BCUT2D eigenvalue weighted by Crippen LogP contribution is 2.15. The van der Waals surface area contributed by atoms with Gasteiger partial charge in [-0.25, -0.2) is 13.2 Å². The van der Waals surface area contributed by atoms with Crippen LogP contribution >= 0.6 is 0 Å². The second-order valence-electron chi connectivity index (χ2n) is 3.28. The molecule has 0 aliphatic heterocycles. The highest BCUT2D eigenvalue weighted by Gasteiger charge is 2.15. The molecule has 15 heavy (non-hydrogen) atoms. The van der Waals surface area contributed by atoms with Gasteiger partial charge in [-0.3, -0.25) is 4.79 Å². The smallest absolute Gasteiger partial charge is 0.161 e. The Balaban J connectivity index is 2.95. The lowest BCUT2D eigenvalue weighted by Crippen LogP contribution is -2.31. The van der Waals surface area contributed by atoms with E-state index in [-0.39, 0.29) is 17.8 Å². The van der Waals surface area contributed by atoms with E-state index in [4.69, 9.17) is 5.73 Å². The molecule has 0 fully saturated rings. The van der Waals surface area contributed by atoms with E-state index in [1.54, 1.807) is 0 Å². The van der Waals surface area contributed by atoms with Crippen molar-refractivity contribution in [3.63, 3.8) is 0 Å². The van der Waals surface area contributed by atoms with Gasteiger partial charge in [0.15, 0.2) is 11.6 Å². The molecule has 0 saturated carbocycles. The largest absolute Gasteiger partial charge is 0.321 e. The summed E-state index contributed by atoms with van der Waals surface area (Å²) in [5, 5.41) is 0. The monoisotopic (exact) mass is 217 g/mol. The number of carbonyl (C=O) groups excluding carboxylic acids is 1. The average molecular weight is 217 g/mol. The maximum absolute atomic E-state index is 13.1. The Labute approximate surface area is 84.9 Å². The Morgan fingerprint density at radius 1 is 1.27 bits per heavy atom. The summed E-state index contributed by atoms with van der Waals surface area (Å²) >= 11 is 0. The van der Waals surface area contributed by atoms with E-state index in [0.717, 1.165) is 0 Å². The summed E-state index contributed by atoms with van der Waals surface area (Å²) in [6, 6.07) is 0.259. The fraction of sp³-hybridized carbons (Fsp3) is 0.300. The van der Waals surface area contributed by atoms with Crippen LogP contribution in [0.5, 0.6) is 0 Å². The van der Waals surface area contributed by atoms with Gasteiger partial charge >= 0.3 is 0 Å². The van der Waals surface area contributed by atoms with Crippen LogP contribution in [0.1, 0.15) is 12.5 Å². The number of halogens is 3. The van der Waals surface area contributed by atoms with Gasteiger partial charge in [-0.2, -0.15) is 0 Å². The third kappa shape index (κ3) is 2.79. The molecule has 5 heteroatoms. The summed E-state index contributed by atoms with van der Waals surface area (Å²) in [5.41, 5.74) is 5.27. The average Bonchev–Trinajstić information content (AvgIpc) is 2.13. The van der Waals surface area contributed by atoms with Gasteiger partial charge in [0, 0.05) is 6.07 Å². The first-order valence-electron chi connectivity index (χ1n) is 4.31. The molecule has 2 N–H and O–H groups in total. The van der Waals surface area contributed by atoms with Gasteiger partial charge in [0.2, 0.25) is 0 Å². The molecule has 0 radical (unpaired) electrons. The Hall–Kier alpha value is -1.36. The maximum atomic E-state index is 13.1. The molecule has 1 aromatic carbocycles. The first-order chi connectivity index (χ1) is 6.91. The topological polar surface area (TPSA) is 43.1 Å². The van der Waals surface area contributed by atoms with Crippen molar-refractivity contribution in [2.75, 3.05) is 0 Å². The Morgan fingerprint density at radius 2 is 1.80 bits per heavy atom. The molecule has 0 heterocycles. The lowest BCUT2D eigenvalue weighted by Gasteiger charge is -2.08. The minimum atomic E-state index is -1.26. The first-order valence-corrected chi connectivity index (χ1v) is 4.31. The minimum Gasteiger partial charge on any atom is -0.321 e. The van der Waals surface area contributed by atoms with Crippen molar-refractivity contribution in [2.24, 2.45) is 5.73 Å². The molecule has 1 aromatic rings. The third-order valence-corrected chi connectivity index (χ3v) is 2.05. The molecule has 2 nitrogen and oxygen atoms in total. The molecule has 1 atom stereocenters. The van der Waals surface area contributed by atoms with Gasteiger partial charge in [0.1, 0.15) is 11.6 Å². The van der Waals surface area contributed by atoms with Crippen LogP contribution in [0.3, 0.4) is 0 Å². The van der Waals surface area contributed by atoms with Crippen molar-refractivity contribution < 1.29 is 18.0 Å². The van der Waals surface area contributed by atoms with Crippen molar-refractivity contribution in [2.45, 2.75) is 19.4 Å². The van der Waals surface area contributed by atoms with Gasteiger partial charge < -0.3 is 5.73 Å². The van der Waals surface area contributed by atoms with Gasteiger partial charge in [-0.15, -0.1) is 0 Å². The summed E-state index contributed by atoms with van der Waals surface area (Å²) < 4.78 is 38.4. The van der Waals surface area contributed by atoms with Crippen molar-refractivity contribution >= 4 is 5.78 Å². The predicted octanol–water partition coefficient (Wildman–Crippen LogP) is 1.56. The Kier molecular flexibility index (Phi) is 3.47. The summed E-state index contributed by atoms with van der Waals surface area (Å²) in [4.78, 5) is 10.8. The standard InChI is InChI=1S/C10H10F3NO/c1-5(15)10(14)3-6-2-8(12)9(13)4-7(6)11/h2,4,10H,3,14H2,1H3/t10-/m1/s1. The molecule has 0 saturated heterocycles. The van der Waals surface area contributed by atoms with Crippen LogP contribution in [0.25, 0.3) is 0 Å². The SMILES string of the molecule is CC(=O)[C@H](N)Cc1cc(F)c(F)cc1F. The van der Waals surface area contributed by atoms with Crippen LogP contribution in [0.2, 0.25) is 0 Å². The van der Waals surface area contributed by atoms with E-state index in [9.17, 15) is 18.0 Å². The number of hydrogen-bond donors (Lipinski definition) is 1. The summed E-state index contributed by atoms with van der Waals surface area (Å²) in [5.74, 6) is -3.64. The van der Waals surface area contributed by atoms with Crippen molar-refractivity contribution in [3.8, 4) is 0 Å².